The van der Waals surface area contributed by atoms with Gasteiger partial charge in [-0.2, -0.15) is 0 Å². The van der Waals surface area contributed by atoms with Crippen LogP contribution in [0.5, 0.6) is 11.5 Å². The number of thioether (sulfide) groups is 1. The first-order valence-electron chi connectivity index (χ1n) is 9.20. The van der Waals surface area contributed by atoms with Gasteiger partial charge in [-0.1, -0.05) is 42.1 Å². The number of carbonyl (C=O) groups is 4. The number of phenols is 1. The van der Waals surface area contributed by atoms with Crippen molar-refractivity contribution in [1.29, 1.82) is 0 Å². The number of imide groups is 1. The molecule has 1 atom stereocenters. The van der Waals surface area contributed by atoms with Crippen molar-refractivity contribution in [2.24, 2.45) is 0 Å². The quantitative estimate of drug-likeness (QED) is 0.474. The fourth-order valence-electron chi connectivity index (χ4n) is 3.04. The Morgan fingerprint density at radius 3 is 2.68 bits per heavy atom. The highest BCUT2D eigenvalue weighted by atomic mass is 32.2. The van der Waals surface area contributed by atoms with Gasteiger partial charge in [0, 0.05) is 5.56 Å². The van der Waals surface area contributed by atoms with E-state index in [1.807, 2.05) is 0 Å². The number of carboxylic acids is 1. The number of aliphatic carboxylic acids is 1. The lowest BCUT2D eigenvalue weighted by atomic mass is 10.0. The lowest BCUT2D eigenvalue weighted by Gasteiger charge is -2.11. The van der Waals surface area contributed by atoms with Gasteiger partial charge in [0.25, 0.3) is 5.24 Å². The number of benzene rings is 2. The number of nitrogens with zero attached hydrogens (tertiary/aromatic N) is 1. The molecule has 1 aliphatic heterocycles. The smallest absolute Gasteiger partial charge is 0.323 e. The van der Waals surface area contributed by atoms with E-state index in [-0.39, 0.29) is 18.0 Å². The number of carbonyl (C=O) groups excluding carboxylic acids is 3. The molecule has 1 heterocycles. The summed E-state index contributed by atoms with van der Waals surface area (Å²) in [7, 11) is 1.43. The third-order valence-electron chi connectivity index (χ3n) is 4.56. The number of ether oxygens (including phenoxy) is 1. The van der Waals surface area contributed by atoms with Crippen molar-refractivity contribution in [3.05, 3.63) is 65.2 Å². The van der Waals surface area contributed by atoms with Crippen molar-refractivity contribution < 1.29 is 34.1 Å². The maximum absolute atomic E-state index is 12.6. The summed E-state index contributed by atoms with van der Waals surface area (Å²) in [6.45, 7) is -0.660. The summed E-state index contributed by atoms with van der Waals surface area (Å²) in [5.41, 5.74) is 1.76. The minimum Gasteiger partial charge on any atom is -0.504 e. The number of hydrogen-bond donors (Lipinski definition) is 2. The van der Waals surface area contributed by atoms with Gasteiger partial charge >= 0.3 is 5.97 Å². The fraction of sp³-hybridized carbons (Fsp3) is 0.182. The van der Waals surface area contributed by atoms with E-state index in [0.717, 1.165) is 16.7 Å². The molecule has 2 amide bonds. The van der Waals surface area contributed by atoms with E-state index in [9.17, 15) is 24.3 Å². The van der Waals surface area contributed by atoms with Crippen molar-refractivity contribution in [2.75, 3.05) is 13.7 Å². The Morgan fingerprint density at radius 2 is 1.97 bits per heavy atom. The molecule has 2 N–H and O–H groups in total. The topological polar surface area (TPSA) is 121 Å². The molecule has 1 fully saturated rings. The summed E-state index contributed by atoms with van der Waals surface area (Å²) in [5.74, 6) is -1.77. The number of phenolic OH excluding ortho intramolecular Hbond substituents is 1. The number of allylic oxidation sites excluding steroid dienone is 1. The van der Waals surface area contributed by atoms with Crippen LogP contribution in [0.15, 0.2) is 48.5 Å². The monoisotopic (exact) mass is 441 g/mol. The lowest BCUT2D eigenvalue weighted by Crippen LogP contribution is -2.36. The molecule has 0 bridgehead atoms. The molecule has 8 nitrogen and oxygen atoms in total. The van der Waals surface area contributed by atoms with Crippen molar-refractivity contribution in [1.82, 2.24) is 4.90 Å². The van der Waals surface area contributed by atoms with Crippen LogP contribution in [0.3, 0.4) is 0 Å². The van der Waals surface area contributed by atoms with Gasteiger partial charge in [-0.3, -0.25) is 24.1 Å². The number of rotatable bonds is 8. The van der Waals surface area contributed by atoms with Crippen LogP contribution in [-0.4, -0.2) is 56.9 Å². The second-order valence-corrected chi connectivity index (χ2v) is 7.88. The van der Waals surface area contributed by atoms with Gasteiger partial charge in [0.2, 0.25) is 5.91 Å². The SMILES string of the molecule is COc1cc(C=CC(=O)c2cccc(CC3SC(=O)N(CC(=O)O)C3=O)c2)ccc1O. The molecule has 2 aromatic carbocycles. The Balaban J connectivity index is 1.70. The first-order chi connectivity index (χ1) is 14.8. The van der Waals surface area contributed by atoms with E-state index in [2.05, 4.69) is 0 Å². The molecule has 3 rings (SSSR count). The van der Waals surface area contributed by atoms with Gasteiger partial charge in [-0.05, 0) is 41.8 Å². The van der Waals surface area contributed by atoms with Gasteiger partial charge in [-0.15, -0.1) is 0 Å². The minimum absolute atomic E-state index is 0.00147. The largest absolute Gasteiger partial charge is 0.504 e. The summed E-state index contributed by atoms with van der Waals surface area (Å²) < 4.78 is 5.04. The maximum atomic E-state index is 12.6. The number of amides is 2. The van der Waals surface area contributed by atoms with Crippen LogP contribution in [0.25, 0.3) is 6.08 Å². The molecule has 2 aromatic rings. The molecule has 1 aliphatic rings. The van der Waals surface area contributed by atoms with Gasteiger partial charge in [0.15, 0.2) is 17.3 Å². The standard InChI is InChI=1S/C22H19NO7S/c1-30-18-10-13(6-8-17(18)25)5-7-16(24)15-4-2-3-14(9-15)11-19-21(28)23(12-20(26)27)22(29)31-19/h2-10,19,25H,11-12H2,1H3,(H,26,27). The molecule has 0 saturated carbocycles. The molecule has 1 unspecified atom stereocenters. The van der Waals surface area contributed by atoms with Gasteiger partial charge in [0.05, 0.1) is 12.4 Å². The van der Waals surface area contributed by atoms with E-state index >= 15 is 0 Å². The van der Waals surface area contributed by atoms with Gasteiger partial charge < -0.3 is 14.9 Å². The normalized spacial score (nSPS) is 16.2. The highest BCUT2D eigenvalue weighted by Gasteiger charge is 2.40. The predicted octanol–water partition coefficient (Wildman–Crippen LogP) is 2.99. The molecule has 0 radical (unpaired) electrons. The number of carboxylic acid groups (broad SMARTS) is 1. The van der Waals surface area contributed by atoms with Crippen LogP contribution < -0.4 is 4.74 Å². The lowest BCUT2D eigenvalue weighted by molar-refractivity contribution is -0.141. The van der Waals surface area contributed by atoms with Crippen LogP contribution in [-0.2, 0) is 16.0 Å². The van der Waals surface area contributed by atoms with Gasteiger partial charge in [-0.25, -0.2) is 0 Å². The molecule has 9 heteroatoms. The second-order valence-electron chi connectivity index (χ2n) is 6.72. The molecular formula is C22H19NO7S. The first-order valence-corrected chi connectivity index (χ1v) is 10.1. The van der Waals surface area contributed by atoms with E-state index in [0.29, 0.717) is 22.4 Å². The van der Waals surface area contributed by atoms with Crippen molar-refractivity contribution in [3.63, 3.8) is 0 Å². The highest BCUT2D eigenvalue weighted by Crippen LogP contribution is 2.30. The first kappa shape index (κ1) is 22.1. The number of aromatic hydroxyl groups is 1. The van der Waals surface area contributed by atoms with E-state index in [1.165, 1.54) is 19.3 Å². The molecule has 160 valence electrons. The summed E-state index contributed by atoms with van der Waals surface area (Å²) in [6.07, 6.45) is 3.18. The maximum Gasteiger partial charge on any atom is 0.323 e. The van der Waals surface area contributed by atoms with E-state index in [4.69, 9.17) is 9.84 Å². The molecule has 1 saturated heterocycles. The summed E-state index contributed by atoms with van der Waals surface area (Å²) in [6, 6.07) is 11.4. The average molecular weight is 441 g/mol. The Kier molecular flexibility index (Phi) is 6.76. The predicted molar refractivity (Wildman–Crippen MR) is 114 cm³/mol. The van der Waals surface area contributed by atoms with Crippen LogP contribution in [0.2, 0.25) is 0 Å². The zero-order valence-corrected chi connectivity index (χ0v) is 17.3. The van der Waals surface area contributed by atoms with E-state index < -0.39 is 28.9 Å². The number of hydrogen-bond acceptors (Lipinski definition) is 7. The van der Waals surface area contributed by atoms with E-state index in [1.54, 1.807) is 42.5 Å². The van der Waals surface area contributed by atoms with Crippen LogP contribution in [0.4, 0.5) is 4.79 Å². The zero-order chi connectivity index (χ0) is 22.5. The highest BCUT2D eigenvalue weighted by molar-refractivity contribution is 8.15. The Bertz CT molecular complexity index is 1080. The second kappa shape index (κ2) is 9.48. The Labute approximate surface area is 182 Å². The molecule has 0 aromatic heterocycles. The zero-order valence-electron chi connectivity index (χ0n) is 16.5. The van der Waals surface area contributed by atoms with Crippen LogP contribution in [0, 0.1) is 0 Å². The molecule has 0 aliphatic carbocycles. The Morgan fingerprint density at radius 1 is 1.19 bits per heavy atom. The van der Waals surface area contributed by atoms with Crippen molar-refractivity contribution in [3.8, 4) is 11.5 Å². The Hall–Kier alpha value is -3.59. The van der Waals surface area contributed by atoms with Gasteiger partial charge in [0.1, 0.15) is 6.54 Å². The average Bonchev–Trinajstić information content (AvgIpc) is 3.00. The minimum atomic E-state index is -1.26. The molecular weight excluding hydrogens is 422 g/mol. The molecule has 0 spiro atoms. The number of ketones is 1. The molecule has 31 heavy (non-hydrogen) atoms. The van der Waals surface area contributed by atoms with Crippen LogP contribution >= 0.6 is 11.8 Å². The third kappa shape index (κ3) is 5.32. The fourth-order valence-corrected chi connectivity index (χ4v) is 4.07. The van der Waals surface area contributed by atoms with Crippen LogP contribution in [0.1, 0.15) is 21.5 Å². The number of methoxy groups -OCH3 is 1. The summed E-state index contributed by atoms with van der Waals surface area (Å²) in [5, 5.41) is 17.2. The van der Waals surface area contributed by atoms with Crippen molar-refractivity contribution >= 4 is 40.7 Å². The van der Waals surface area contributed by atoms with Crippen molar-refractivity contribution in [2.45, 2.75) is 11.7 Å². The summed E-state index contributed by atoms with van der Waals surface area (Å²) >= 11 is 0.788. The third-order valence-corrected chi connectivity index (χ3v) is 5.64. The summed E-state index contributed by atoms with van der Waals surface area (Å²) in [4.78, 5) is 48.3.